The van der Waals surface area contributed by atoms with Gasteiger partial charge in [-0.15, -0.1) is 0 Å². The molecule has 0 aromatic rings. The zero-order valence-corrected chi connectivity index (χ0v) is 19.0. The second kappa shape index (κ2) is 7.49. The summed E-state index contributed by atoms with van der Waals surface area (Å²) in [4.78, 5) is 35.8. The molecule has 4 aliphatic carbocycles. The Labute approximate surface area is 179 Å². The van der Waals surface area contributed by atoms with Crippen molar-refractivity contribution in [2.75, 3.05) is 0 Å². The third-order valence-corrected chi connectivity index (χ3v) is 9.15. The van der Waals surface area contributed by atoms with E-state index in [2.05, 4.69) is 19.9 Å². The second-order valence-electron chi connectivity index (χ2n) is 10.8. The molecule has 166 valence electrons. The maximum atomic E-state index is 12.6. The molecule has 0 heterocycles. The summed E-state index contributed by atoms with van der Waals surface area (Å²) in [5.41, 5.74) is 1.51. The first kappa shape index (κ1) is 21.6. The van der Waals surface area contributed by atoms with Crippen molar-refractivity contribution in [3.05, 3.63) is 11.6 Å². The van der Waals surface area contributed by atoms with Crippen LogP contribution in [0.1, 0.15) is 79.6 Å². The molecule has 0 amide bonds. The molecular formula is C25H36O5. The summed E-state index contributed by atoms with van der Waals surface area (Å²) in [6.07, 6.45) is 8.89. The van der Waals surface area contributed by atoms with Gasteiger partial charge in [-0.3, -0.25) is 14.4 Å². The molecule has 5 heteroatoms. The Balaban J connectivity index is 1.61. The molecule has 4 rings (SSSR count). The molecule has 0 aromatic carbocycles. The fraction of sp³-hybridized carbons (Fsp3) is 0.800. The van der Waals surface area contributed by atoms with E-state index in [1.54, 1.807) is 6.92 Å². The summed E-state index contributed by atoms with van der Waals surface area (Å²) >= 11 is 0. The van der Waals surface area contributed by atoms with Crippen molar-refractivity contribution in [1.29, 1.82) is 0 Å². The standard InChI is InChI=1S/C25H36O5/c1-14(26)23-22(30-16(3)28)13-21-19-7-6-17-12-18(29-15(2)27)8-10-24(17,4)20(19)9-11-25(21,23)5/h6,18-23H,7-13H2,1-5H3/t18?,19-,20+,21+,22-,23+,24+,25+/m1/s1. The Morgan fingerprint density at radius 2 is 1.67 bits per heavy atom. The highest BCUT2D eigenvalue weighted by Gasteiger charge is 2.63. The summed E-state index contributed by atoms with van der Waals surface area (Å²) in [5.74, 6) is 0.990. The molecule has 30 heavy (non-hydrogen) atoms. The lowest BCUT2D eigenvalue weighted by atomic mass is 9.47. The van der Waals surface area contributed by atoms with E-state index < -0.39 is 0 Å². The molecule has 0 aliphatic heterocycles. The van der Waals surface area contributed by atoms with Crippen molar-refractivity contribution < 1.29 is 23.9 Å². The van der Waals surface area contributed by atoms with Gasteiger partial charge in [-0.05, 0) is 74.0 Å². The molecule has 1 unspecified atom stereocenters. The average Bonchev–Trinajstić information content (AvgIpc) is 2.92. The highest BCUT2D eigenvalue weighted by Crippen LogP contribution is 2.66. The number of rotatable bonds is 3. The number of carbonyl (C=O) groups excluding carboxylic acids is 3. The minimum atomic E-state index is -0.286. The molecule has 0 N–H and O–H groups in total. The third kappa shape index (κ3) is 3.33. The van der Waals surface area contributed by atoms with Gasteiger partial charge in [0.15, 0.2) is 0 Å². The lowest BCUT2D eigenvalue weighted by Crippen LogP contribution is -2.51. The van der Waals surface area contributed by atoms with Crippen LogP contribution in [0.15, 0.2) is 11.6 Å². The van der Waals surface area contributed by atoms with Crippen LogP contribution in [0.4, 0.5) is 0 Å². The summed E-state index contributed by atoms with van der Waals surface area (Å²) in [7, 11) is 0. The molecule has 5 nitrogen and oxygen atoms in total. The summed E-state index contributed by atoms with van der Waals surface area (Å²) in [6, 6.07) is 0. The molecule has 3 saturated carbocycles. The van der Waals surface area contributed by atoms with Crippen molar-refractivity contribution in [3.63, 3.8) is 0 Å². The maximum Gasteiger partial charge on any atom is 0.302 e. The first-order valence-corrected chi connectivity index (χ1v) is 11.6. The van der Waals surface area contributed by atoms with Crippen LogP contribution < -0.4 is 0 Å². The van der Waals surface area contributed by atoms with Gasteiger partial charge in [0.2, 0.25) is 0 Å². The van der Waals surface area contributed by atoms with Crippen molar-refractivity contribution in [2.45, 2.75) is 91.8 Å². The molecular weight excluding hydrogens is 380 g/mol. The molecule has 0 saturated heterocycles. The largest absolute Gasteiger partial charge is 0.462 e. The topological polar surface area (TPSA) is 69.7 Å². The quantitative estimate of drug-likeness (QED) is 0.496. The predicted octanol–water partition coefficient (Wildman–Crippen LogP) is 4.63. The SMILES string of the molecule is CC(=O)OC1CC[C@@]2(C)C(=CC[C@H]3[C@@H]4C[C@@H](OC(C)=O)[C@H](C(C)=O)[C@@]4(C)CC[C@@H]32)C1. The number of fused-ring (bicyclic) bond motifs is 5. The minimum Gasteiger partial charge on any atom is -0.462 e. The summed E-state index contributed by atoms with van der Waals surface area (Å²) in [5, 5.41) is 0. The van der Waals surface area contributed by atoms with Gasteiger partial charge in [0.1, 0.15) is 18.0 Å². The lowest BCUT2D eigenvalue weighted by molar-refractivity contribution is -0.152. The van der Waals surface area contributed by atoms with Crippen LogP contribution >= 0.6 is 0 Å². The number of allylic oxidation sites excluding steroid dienone is 1. The van der Waals surface area contributed by atoms with Crippen LogP contribution in [0.3, 0.4) is 0 Å². The fourth-order valence-corrected chi connectivity index (χ4v) is 8.01. The normalized spacial score (nSPS) is 44.8. The zero-order chi connectivity index (χ0) is 21.8. The van der Waals surface area contributed by atoms with E-state index in [9.17, 15) is 14.4 Å². The Bertz CT molecular complexity index is 784. The van der Waals surface area contributed by atoms with Gasteiger partial charge >= 0.3 is 11.9 Å². The van der Waals surface area contributed by atoms with Crippen LogP contribution in [0.2, 0.25) is 0 Å². The molecule has 0 aromatic heterocycles. The molecule has 4 aliphatic rings. The van der Waals surface area contributed by atoms with Gasteiger partial charge in [-0.1, -0.05) is 25.5 Å². The first-order chi connectivity index (χ1) is 14.1. The summed E-state index contributed by atoms with van der Waals surface area (Å²) < 4.78 is 11.2. The second-order valence-corrected chi connectivity index (χ2v) is 10.8. The van der Waals surface area contributed by atoms with E-state index in [-0.39, 0.29) is 46.7 Å². The van der Waals surface area contributed by atoms with Crippen LogP contribution in [-0.2, 0) is 23.9 Å². The van der Waals surface area contributed by atoms with Crippen molar-refractivity contribution >= 4 is 17.7 Å². The van der Waals surface area contributed by atoms with E-state index in [1.807, 2.05) is 0 Å². The molecule has 0 bridgehead atoms. The van der Waals surface area contributed by atoms with E-state index in [4.69, 9.17) is 9.47 Å². The molecule has 0 spiro atoms. The predicted molar refractivity (Wildman–Crippen MR) is 112 cm³/mol. The van der Waals surface area contributed by atoms with Gasteiger partial charge < -0.3 is 9.47 Å². The maximum absolute atomic E-state index is 12.6. The zero-order valence-electron chi connectivity index (χ0n) is 19.0. The number of ketones is 1. The van der Waals surface area contributed by atoms with Gasteiger partial charge in [0.25, 0.3) is 0 Å². The molecule has 3 fully saturated rings. The summed E-state index contributed by atoms with van der Waals surface area (Å²) in [6.45, 7) is 9.28. The van der Waals surface area contributed by atoms with E-state index >= 15 is 0 Å². The number of ether oxygens (including phenoxy) is 2. The smallest absolute Gasteiger partial charge is 0.302 e. The average molecular weight is 417 g/mol. The van der Waals surface area contributed by atoms with Gasteiger partial charge in [0, 0.05) is 20.3 Å². The number of esters is 2. The first-order valence-electron chi connectivity index (χ1n) is 11.6. The van der Waals surface area contributed by atoms with E-state index in [0.717, 1.165) is 44.9 Å². The number of Topliss-reactive ketones (excluding diaryl/α,β-unsaturated/α-hetero) is 1. The van der Waals surface area contributed by atoms with Gasteiger partial charge in [-0.2, -0.15) is 0 Å². The Hall–Kier alpha value is -1.65. The lowest BCUT2D eigenvalue weighted by Gasteiger charge is -2.57. The minimum absolute atomic E-state index is 0.00847. The number of hydrogen-bond donors (Lipinski definition) is 0. The van der Waals surface area contributed by atoms with E-state index in [0.29, 0.717) is 17.8 Å². The van der Waals surface area contributed by atoms with Crippen LogP contribution in [0, 0.1) is 34.5 Å². The van der Waals surface area contributed by atoms with Crippen LogP contribution in [0.5, 0.6) is 0 Å². The van der Waals surface area contributed by atoms with Crippen LogP contribution in [0.25, 0.3) is 0 Å². The molecule has 0 radical (unpaired) electrons. The number of carbonyl (C=O) groups is 3. The van der Waals surface area contributed by atoms with Gasteiger partial charge in [-0.25, -0.2) is 0 Å². The highest BCUT2D eigenvalue weighted by atomic mass is 16.5. The van der Waals surface area contributed by atoms with E-state index in [1.165, 1.54) is 19.4 Å². The molecule has 8 atom stereocenters. The van der Waals surface area contributed by atoms with Crippen LogP contribution in [-0.4, -0.2) is 29.9 Å². The van der Waals surface area contributed by atoms with Gasteiger partial charge in [0.05, 0.1) is 5.92 Å². The van der Waals surface area contributed by atoms with Crippen molar-refractivity contribution in [2.24, 2.45) is 34.5 Å². The Morgan fingerprint density at radius 3 is 2.30 bits per heavy atom. The third-order valence-electron chi connectivity index (χ3n) is 9.15. The number of hydrogen-bond acceptors (Lipinski definition) is 5. The monoisotopic (exact) mass is 416 g/mol. The highest BCUT2D eigenvalue weighted by molar-refractivity contribution is 5.81. The Kier molecular flexibility index (Phi) is 5.39. The van der Waals surface area contributed by atoms with Crippen molar-refractivity contribution in [1.82, 2.24) is 0 Å². The Morgan fingerprint density at radius 1 is 0.967 bits per heavy atom. The van der Waals surface area contributed by atoms with Crippen molar-refractivity contribution in [3.8, 4) is 0 Å². The fourth-order valence-electron chi connectivity index (χ4n) is 8.01.